The van der Waals surface area contributed by atoms with Gasteiger partial charge in [0, 0.05) is 32.4 Å². The second-order valence-corrected chi connectivity index (χ2v) is 6.40. The largest absolute Gasteiger partial charge is 0.493 e. The summed E-state index contributed by atoms with van der Waals surface area (Å²) in [5, 5.41) is 4.69. The zero-order valence-electron chi connectivity index (χ0n) is 16.9. The number of carbonyl (C=O) groups is 2. The highest BCUT2D eigenvalue weighted by atomic mass is 19.4. The first-order valence-electron chi connectivity index (χ1n) is 8.78. The van der Waals surface area contributed by atoms with Crippen molar-refractivity contribution in [2.75, 3.05) is 45.1 Å². The molecule has 2 rings (SSSR count). The normalized spacial score (nSPS) is 10.9. The van der Waals surface area contributed by atoms with Gasteiger partial charge in [-0.15, -0.1) is 0 Å². The number of amides is 2. The van der Waals surface area contributed by atoms with Crippen molar-refractivity contribution in [1.29, 1.82) is 0 Å². The van der Waals surface area contributed by atoms with Crippen LogP contribution in [0.25, 0.3) is 0 Å². The molecule has 2 aromatic rings. The van der Waals surface area contributed by atoms with Crippen LogP contribution < -0.4 is 25.0 Å². The average Bonchev–Trinajstić information content (AvgIpc) is 2.70. The standard InChI is InChI=1S/C20H22F3N3O4/c1-24-18(27)11-30-16-8-5-12(9-17(16)29-4)19(28)25-15-7-6-13(26(2)3)10-14(15)20(21,22)23/h5-10H,11H2,1-4H3,(H,24,27)(H,25,28). The van der Waals surface area contributed by atoms with Crippen molar-refractivity contribution in [3.05, 3.63) is 47.5 Å². The molecule has 2 N–H and O–H groups in total. The lowest BCUT2D eigenvalue weighted by Gasteiger charge is -2.19. The van der Waals surface area contributed by atoms with E-state index in [0.29, 0.717) is 5.69 Å². The Kier molecular flexibility index (Phi) is 7.14. The minimum absolute atomic E-state index is 0.0592. The molecule has 30 heavy (non-hydrogen) atoms. The molecule has 0 aliphatic rings. The first-order valence-corrected chi connectivity index (χ1v) is 8.78. The summed E-state index contributed by atoms with van der Waals surface area (Å²) in [5.41, 5.74) is -0.917. The lowest BCUT2D eigenvalue weighted by Crippen LogP contribution is -2.25. The Morgan fingerprint density at radius 3 is 2.33 bits per heavy atom. The molecule has 0 aliphatic carbocycles. The maximum absolute atomic E-state index is 13.5. The van der Waals surface area contributed by atoms with E-state index in [9.17, 15) is 22.8 Å². The van der Waals surface area contributed by atoms with Crippen LogP contribution in [-0.2, 0) is 11.0 Å². The first kappa shape index (κ1) is 22.9. The van der Waals surface area contributed by atoms with Crippen LogP contribution in [0.2, 0.25) is 0 Å². The van der Waals surface area contributed by atoms with E-state index in [1.165, 1.54) is 49.4 Å². The topological polar surface area (TPSA) is 79.9 Å². The van der Waals surface area contributed by atoms with Crippen molar-refractivity contribution >= 4 is 23.2 Å². The summed E-state index contributed by atoms with van der Waals surface area (Å²) in [7, 11) is 6.03. The molecule has 0 bridgehead atoms. The van der Waals surface area contributed by atoms with Gasteiger partial charge >= 0.3 is 6.18 Å². The highest BCUT2D eigenvalue weighted by molar-refractivity contribution is 6.05. The van der Waals surface area contributed by atoms with Gasteiger partial charge in [0.2, 0.25) is 0 Å². The molecule has 10 heteroatoms. The minimum atomic E-state index is -4.65. The Morgan fingerprint density at radius 2 is 1.77 bits per heavy atom. The number of anilines is 2. The molecular formula is C20H22F3N3O4. The SMILES string of the molecule is CNC(=O)COc1ccc(C(=O)Nc2ccc(N(C)C)cc2C(F)(F)F)cc1OC. The lowest BCUT2D eigenvalue weighted by molar-refractivity contribution is -0.136. The number of ether oxygens (including phenoxy) is 2. The Bertz CT molecular complexity index is 930. The van der Waals surface area contributed by atoms with Gasteiger partial charge in [-0.2, -0.15) is 13.2 Å². The van der Waals surface area contributed by atoms with E-state index in [1.807, 2.05) is 0 Å². The molecule has 0 atom stereocenters. The fourth-order valence-electron chi connectivity index (χ4n) is 2.49. The van der Waals surface area contributed by atoms with Crippen molar-refractivity contribution in [2.24, 2.45) is 0 Å². The van der Waals surface area contributed by atoms with E-state index >= 15 is 0 Å². The molecular weight excluding hydrogens is 403 g/mol. The Morgan fingerprint density at radius 1 is 1.07 bits per heavy atom. The highest BCUT2D eigenvalue weighted by Gasteiger charge is 2.34. The van der Waals surface area contributed by atoms with Crippen LogP contribution in [0.3, 0.4) is 0 Å². The molecule has 7 nitrogen and oxygen atoms in total. The van der Waals surface area contributed by atoms with E-state index in [2.05, 4.69) is 10.6 Å². The van der Waals surface area contributed by atoms with Gasteiger partial charge in [-0.05, 0) is 36.4 Å². The van der Waals surface area contributed by atoms with Crippen molar-refractivity contribution in [2.45, 2.75) is 6.18 Å². The summed E-state index contributed by atoms with van der Waals surface area (Å²) < 4.78 is 50.8. The van der Waals surface area contributed by atoms with Gasteiger partial charge in [-0.3, -0.25) is 9.59 Å². The maximum atomic E-state index is 13.5. The van der Waals surface area contributed by atoms with Crippen molar-refractivity contribution in [1.82, 2.24) is 5.32 Å². The molecule has 0 spiro atoms. The van der Waals surface area contributed by atoms with E-state index in [0.717, 1.165) is 6.07 Å². The number of alkyl halides is 3. The lowest BCUT2D eigenvalue weighted by atomic mass is 10.1. The summed E-state index contributed by atoms with van der Waals surface area (Å²) >= 11 is 0. The van der Waals surface area contributed by atoms with Gasteiger partial charge in [0.1, 0.15) is 0 Å². The van der Waals surface area contributed by atoms with Crippen molar-refractivity contribution in [3.63, 3.8) is 0 Å². The minimum Gasteiger partial charge on any atom is -0.493 e. The molecule has 0 unspecified atom stereocenters. The first-order chi connectivity index (χ1) is 14.1. The van der Waals surface area contributed by atoms with Crippen molar-refractivity contribution < 1.29 is 32.2 Å². The second-order valence-electron chi connectivity index (χ2n) is 6.40. The van der Waals surface area contributed by atoms with Crippen LogP contribution in [0.4, 0.5) is 24.5 Å². The number of likely N-dealkylation sites (N-methyl/N-ethyl adjacent to an activating group) is 1. The van der Waals surface area contributed by atoms with Gasteiger partial charge in [0.25, 0.3) is 11.8 Å². The zero-order valence-corrected chi connectivity index (χ0v) is 16.9. The molecule has 0 radical (unpaired) electrons. The predicted molar refractivity (Wildman–Crippen MR) is 106 cm³/mol. The molecule has 0 saturated heterocycles. The van der Waals surface area contributed by atoms with Crippen LogP contribution in [0.5, 0.6) is 11.5 Å². The second kappa shape index (κ2) is 9.38. The number of benzene rings is 2. The molecule has 0 aromatic heterocycles. The van der Waals surface area contributed by atoms with Crippen LogP contribution in [0, 0.1) is 0 Å². The van der Waals surface area contributed by atoms with Crippen molar-refractivity contribution in [3.8, 4) is 11.5 Å². The number of rotatable bonds is 7. The van der Waals surface area contributed by atoms with Crippen LogP contribution in [0.15, 0.2) is 36.4 Å². The highest BCUT2D eigenvalue weighted by Crippen LogP contribution is 2.37. The van der Waals surface area contributed by atoms with E-state index < -0.39 is 17.6 Å². The predicted octanol–water partition coefficient (Wildman–Crippen LogP) is 3.16. The van der Waals surface area contributed by atoms with Crippen LogP contribution in [0.1, 0.15) is 15.9 Å². The zero-order chi connectivity index (χ0) is 22.5. The van der Waals surface area contributed by atoms with Gasteiger partial charge in [0.05, 0.1) is 18.4 Å². The molecule has 0 fully saturated rings. The number of hydrogen-bond acceptors (Lipinski definition) is 5. The monoisotopic (exact) mass is 425 g/mol. The number of nitrogens with zero attached hydrogens (tertiary/aromatic N) is 1. The number of carbonyl (C=O) groups excluding carboxylic acids is 2. The smallest absolute Gasteiger partial charge is 0.418 e. The third-order valence-electron chi connectivity index (χ3n) is 4.14. The molecule has 0 saturated carbocycles. The fourth-order valence-corrected chi connectivity index (χ4v) is 2.49. The quantitative estimate of drug-likeness (QED) is 0.713. The Labute approximate surface area is 171 Å². The molecule has 162 valence electrons. The summed E-state index contributed by atoms with van der Waals surface area (Å²) in [5.74, 6) is -0.747. The van der Waals surface area contributed by atoms with Crippen LogP contribution in [-0.4, -0.2) is 46.7 Å². The van der Waals surface area contributed by atoms with Gasteiger partial charge in [0.15, 0.2) is 18.1 Å². The van der Waals surface area contributed by atoms with E-state index in [1.54, 1.807) is 14.1 Å². The molecule has 2 amide bonds. The maximum Gasteiger partial charge on any atom is 0.418 e. The number of hydrogen-bond donors (Lipinski definition) is 2. The van der Waals surface area contributed by atoms with Gasteiger partial charge < -0.3 is 25.0 Å². The van der Waals surface area contributed by atoms with Gasteiger partial charge in [-0.25, -0.2) is 0 Å². The number of halogens is 3. The molecule has 0 heterocycles. The third kappa shape index (κ3) is 5.56. The molecule has 2 aromatic carbocycles. The number of nitrogens with one attached hydrogen (secondary N) is 2. The summed E-state index contributed by atoms with van der Waals surface area (Å²) in [6.45, 7) is -0.258. The molecule has 0 aliphatic heterocycles. The Balaban J connectivity index is 2.28. The van der Waals surface area contributed by atoms with E-state index in [-0.39, 0.29) is 35.3 Å². The van der Waals surface area contributed by atoms with Crippen LogP contribution >= 0.6 is 0 Å². The fraction of sp³-hybridized carbons (Fsp3) is 0.300. The summed E-state index contributed by atoms with van der Waals surface area (Å²) in [6.07, 6.45) is -4.65. The third-order valence-corrected chi connectivity index (χ3v) is 4.14. The van der Waals surface area contributed by atoms with Gasteiger partial charge in [-0.1, -0.05) is 0 Å². The summed E-state index contributed by atoms with van der Waals surface area (Å²) in [6, 6.07) is 7.71. The average molecular weight is 425 g/mol. The summed E-state index contributed by atoms with van der Waals surface area (Å²) in [4.78, 5) is 25.4. The van der Waals surface area contributed by atoms with E-state index in [4.69, 9.17) is 9.47 Å². The number of methoxy groups -OCH3 is 1. The Hall–Kier alpha value is -3.43.